The quantitative estimate of drug-likeness (QED) is 0.463. The average Bonchev–Trinajstić information content (AvgIpc) is 2.80. The highest BCUT2D eigenvalue weighted by Gasteiger charge is 2.35. The molecular formula is C12H12N2O5. The van der Waals surface area contributed by atoms with Crippen molar-refractivity contribution in [1.29, 1.82) is 0 Å². The molecule has 1 atom stereocenters. The van der Waals surface area contributed by atoms with E-state index in [2.05, 4.69) is 4.74 Å². The van der Waals surface area contributed by atoms with E-state index in [0.717, 1.165) is 0 Å². The fraction of sp³-hybridized carbons (Fsp3) is 0.333. The number of nitro groups is 1. The van der Waals surface area contributed by atoms with Crippen molar-refractivity contribution in [3.63, 3.8) is 0 Å². The van der Waals surface area contributed by atoms with Crippen molar-refractivity contribution >= 4 is 23.3 Å². The fourth-order valence-electron chi connectivity index (χ4n) is 2.04. The number of benzene rings is 1. The van der Waals surface area contributed by atoms with E-state index in [-0.39, 0.29) is 24.6 Å². The molecule has 1 heterocycles. The number of non-ortho nitro benzene ring substituents is 1. The van der Waals surface area contributed by atoms with Crippen LogP contribution >= 0.6 is 0 Å². The van der Waals surface area contributed by atoms with E-state index < -0.39 is 16.8 Å². The van der Waals surface area contributed by atoms with Crippen LogP contribution in [0, 0.1) is 16.0 Å². The van der Waals surface area contributed by atoms with Crippen molar-refractivity contribution in [1.82, 2.24) is 0 Å². The zero-order chi connectivity index (χ0) is 14.0. The molecule has 0 aromatic heterocycles. The summed E-state index contributed by atoms with van der Waals surface area (Å²) in [6.07, 6.45) is 0.101. The molecule has 1 aromatic carbocycles. The number of amides is 1. The molecule has 19 heavy (non-hydrogen) atoms. The molecule has 1 aromatic rings. The van der Waals surface area contributed by atoms with E-state index in [1.807, 2.05) is 0 Å². The van der Waals surface area contributed by atoms with E-state index in [9.17, 15) is 19.7 Å². The third-order valence-corrected chi connectivity index (χ3v) is 3.03. The Hall–Kier alpha value is -2.44. The third kappa shape index (κ3) is 2.54. The molecule has 0 N–H and O–H groups in total. The molecule has 100 valence electrons. The first-order valence-corrected chi connectivity index (χ1v) is 5.65. The Morgan fingerprint density at radius 3 is 2.58 bits per heavy atom. The Bertz CT molecular complexity index is 525. The van der Waals surface area contributed by atoms with Gasteiger partial charge in [-0.15, -0.1) is 0 Å². The number of methoxy groups -OCH3 is 1. The predicted octanol–water partition coefficient (Wildman–Crippen LogP) is 1.12. The van der Waals surface area contributed by atoms with Gasteiger partial charge in [0, 0.05) is 30.8 Å². The number of nitro benzene ring substituents is 1. The summed E-state index contributed by atoms with van der Waals surface area (Å²) in [5.74, 6) is -1.09. The average molecular weight is 264 g/mol. The number of anilines is 1. The summed E-state index contributed by atoms with van der Waals surface area (Å²) >= 11 is 0. The smallest absolute Gasteiger partial charge is 0.311 e. The molecule has 7 nitrogen and oxygen atoms in total. The monoisotopic (exact) mass is 264 g/mol. The molecule has 0 aliphatic carbocycles. The van der Waals surface area contributed by atoms with Gasteiger partial charge in [-0.1, -0.05) is 0 Å². The second-order valence-corrected chi connectivity index (χ2v) is 4.20. The van der Waals surface area contributed by atoms with Crippen molar-refractivity contribution in [2.75, 3.05) is 18.6 Å². The van der Waals surface area contributed by atoms with Crippen molar-refractivity contribution in [3.05, 3.63) is 34.4 Å². The number of hydrogen-bond donors (Lipinski definition) is 0. The Balaban J connectivity index is 2.16. The lowest BCUT2D eigenvalue weighted by molar-refractivity contribution is -0.384. The van der Waals surface area contributed by atoms with Gasteiger partial charge >= 0.3 is 5.97 Å². The van der Waals surface area contributed by atoms with E-state index >= 15 is 0 Å². The molecular weight excluding hydrogens is 252 g/mol. The molecule has 1 fully saturated rings. The van der Waals surface area contributed by atoms with Gasteiger partial charge in [-0.05, 0) is 12.1 Å². The lowest BCUT2D eigenvalue weighted by Gasteiger charge is -2.15. The number of esters is 1. The third-order valence-electron chi connectivity index (χ3n) is 3.03. The van der Waals surface area contributed by atoms with Gasteiger partial charge in [0.05, 0.1) is 18.0 Å². The van der Waals surface area contributed by atoms with Crippen molar-refractivity contribution in [2.24, 2.45) is 5.92 Å². The Kier molecular flexibility index (Phi) is 3.46. The molecule has 0 saturated carbocycles. The van der Waals surface area contributed by atoms with Crippen LogP contribution in [-0.2, 0) is 14.3 Å². The highest BCUT2D eigenvalue weighted by molar-refractivity contribution is 5.99. The number of nitrogens with zero attached hydrogens (tertiary/aromatic N) is 2. The Labute approximate surface area is 108 Å². The molecule has 0 radical (unpaired) electrons. The van der Waals surface area contributed by atoms with Crippen LogP contribution in [0.3, 0.4) is 0 Å². The summed E-state index contributed by atoms with van der Waals surface area (Å²) in [6.45, 7) is 0.239. The number of hydrogen-bond acceptors (Lipinski definition) is 5. The van der Waals surface area contributed by atoms with E-state index in [0.29, 0.717) is 5.69 Å². The highest BCUT2D eigenvalue weighted by atomic mass is 16.6. The molecule has 0 bridgehead atoms. The second-order valence-electron chi connectivity index (χ2n) is 4.20. The molecule has 0 unspecified atom stereocenters. The molecule has 0 spiro atoms. The van der Waals surface area contributed by atoms with Gasteiger partial charge in [0.2, 0.25) is 5.91 Å². The molecule has 2 rings (SSSR count). The molecule has 1 aliphatic rings. The lowest BCUT2D eigenvalue weighted by atomic mass is 10.1. The van der Waals surface area contributed by atoms with Gasteiger partial charge in [-0.3, -0.25) is 19.7 Å². The van der Waals surface area contributed by atoms with Gasteiger partial charge in [0.1, 0.15) is 0 Å². The standard InChI is InChI=1S/C12H12N2O5/c1-19-12(16)8-6-11(15)13(7-8)9-2-4-10(5-3-9)14(17)18/h2-5,8H,6-7H2,1H3/t8-/m0/s1. The molecule has 7 heteroatoms. The number of carbonyl (C=O) groups excluding carboxylic acids is 2. The molecule has 1 aliphatic heterocycles. The summed E-state index contributed by atoms with van der Waals surface area (Å²) in [7, 11) is 1.28. The van der Waals surface area contributed by atoms with Gasteiger partial charge in [-0.25, -0.2) is 0 Å². The first kappa shape index (κ1) is 13.0. The zero-order valence-electron chi connectivity index (χ0n) is 10.2. The maximum absolute atomic E-state index is 11.8. The minimum Gasteiger partial charge on any atom is -0.469 e. The van der Waals surface area contributed by atoms with Crippen LogP contribution < -0.4 is 4.90 Å². The Morgan fingerprint density at radius 1 is 1.42 bits per heavy atom. The van der Waals surface area contributed by atoms with Crippen LogP contribution in [0.4, 0.5) is 11.4 Å². The van der Waals surface area contributed by atoms with Gasteiger partial charge in [0.15, 0.2) is 0 Å². The SMILES string of the molecule is COC(=O)[C@H]1CC(=O)N(c2ccc([N+](=O)[O-])cc2)C1. The van der Waals surface area contributed by atoms with Crippen LogP contribution in [0.2, 0.25) is 0 Å². The van der Waals surface area contributed by atoms with Gasteiger partial charge in [0.25, 0.3) is 5.69 Å². The topological polar surface area (TPSA) is 89.8 Å². The summed E-state index contributed by atoms with van der Waals surface area (Å²) in [4.78, 5) is 34.7. The maximum atomic E-state index is 11.8. The molecule has 1 saturated heterocycles. The summed E-state index contributed by atoms with van der Waals surface area (Å²) in [5, 5.41) is 10.5. The van der Waals surface area contributed by atoms with Crippen molar-refractivity contribution in [3.8, 4) is 0 Å². The zero-order valence-corrected chi connectivity index (χ0v) is 10.2. The summed E-state index contributed by atoms with van der Waals surface area (Å²) in [5.41, 5.74) is 0.502. The fourth-order valence-corrected chi connectivity index (χ4v) is 2.04. The van der Waals surface area contributed by atoms with Crippen LogP contribution in [0.5, 0.6) is 0 Å². The Morgan fingerprint density at radius 2 is 2.05 bits per heavy atom. The van der Waals surface area contributed by atoms with Crippen LogP contribution in [0.25, 0.3) is 0 Å². The predicted molar refractivity (Wildman–Crippen MR) is 65.6 cm³/mol. The molecule has 1 amide bonds. The van der Waals surface area contributed by atoms with E-state index in [1.165, 1.54) is 36.3 Å². The minimum absolute atomic E-state index is 0.0417. The number of rotatable bonds is 3. The normalized spacial score (nSPS) is 18.5. The van der Waals surface area contributed by atoms with Crippen molar-refractivity contribution in [2.45, 2.75) is 6.42 Å². The van der Waals surface area contributed by atoms with Gasteiger partial charge in [-0.2, -0.15) is 0 Å². The maximum Gasteiger partial charge on any atom is 0.311 e. The number of ether oxygens (including phenoxy) is 1. The van der Waals surface area contributed by atoms with Crippen LogP contribution in [0.1, 0.15) is 6.42 Å². The van der Waals surface area contributed by atoms with Crippen molar-refractivity contribution < 1.29 is 19.2 Å². The van der Waals surface area contributed by atoms with Gasteiger partial charge < -0.3 is 9.64 Å². The summed E-state index contributed by atoms with van der Waals surface area (Å²) < 4.78 is 4.61. The largest absolute Gasteiger partial charge is 0.469 e. The van der Waals surface area contributed by atoms with Crippen LogP contribution in [0.15, 0.2) is 24.3 Å². The second kappa shape index (κ2) is 5.05. The first-order chi connectivity index (χ1) is 9.02. The summed E-state index contributed by atoms with van der Waals surface area (Å²) in [6, 6.07) is 5.65. The first-order valence-electron chi connectivity index (χ1n) is 5.65. The van der Waals surface area contributed by atoms with E-state index in [4.69, 9.17) is 0 Å². The number of carbonyl (C=O) groups is 2. The highest BCUT2D eigenvalue weighted by Crippen LogP contribution is 2.27. The van der Waals surface area contributed by atoms with Crippen LogP contribution in [-0.4, -0.2) is 30.5 Å². The minimum atomic E-state index is -0.507. The van der Waals surface area contributed by atoms with E-state index in [1.54, 1.807) is 0 Å². The lowest BCUT2D eigenvalue weighted by Crippen LogP contribution is -2.26.